The minimum atomic E-state index is -0.231. The van der Waals surface area contributed by atoms with Crippen LogP contribution in [0.25, 0.3) is 0 Å². The second kappa shape index (κ2) is 7.66. The van der Waals surface area contributed by atoms with Crippen molar-refractivity contribution < 1.29 is 9.53 Å². The van der Waals surface area contributed by atoms with Crippen molar-refractivity contribution in [2.45, 2.75) is 13.5 Å². The lowest BCUT2D eigenvalue weighted by atomic mass is 10.3. The van der Waals surface area contributed by atoms with Gasteiger partial charge in [0.25, 0.3) is 0 Å². The van der Waals surface area contributed by atoms with Crippen molar-refractivity contribution in [3.8, 4) is 5.75 Å². The highest BCUT2D eigenvalue weighted by atomic mass is 35.5. The second-order valence-electron chi connectivity index (χ2n) is 4.69. The number of nitrogens with one attached hydrogen (secondary N) is 1. The van der Waals surface area contributed by atoms with Crippen molar-refractivity contribution >= 4 is 23.3 Å². The molecule has 1 aromatic heterocycles. The monoisotopic (exact) mass is 319 g/mol. The van der Waals surface area contributed by atoms with E-state index in [1.165, 1.54) is 0 Å². The summed E-state index contributed by atoms with van der Waals surface area (Å²) in [6.07, 6.45) is 1.70. The summed E-state index contributed by atoms with van der Waals surface area (Å²) in [6.45, 7) is 2.86. The first-order valence-corrected chi connectivity index (χ1v) is 7.32. The molecule has 0 aliphatic rings. The summed E-state index contributed by atoms with van der Waals surface area (Å²) in [7, 11) is 1.71. The Morgan fingerprint density at radius 1 is 1.36 bits per heavy atom. The number of amides is 2. The van der Waals surface area contributed by atoms with Crippen molar-refractivity contribution in [2.75, 3.05) is 19.0 Å². The van der Waals surface area contributed by atoms with Crippen LogP contribution in [-0.4, -0.2) is 29.6 Å². The quantitative estimate of drug-likeness (QED) is 0.912. The molecule has 0 bridgehead atoms. The van der Waals surface area contributed by atoms with Gasteiger partial charge in [-0.05, 0) is 37.3 Å². The topological polar surface area (TPSA) is 54.5 Å². The minimum Gasteiger partial charge on any atom is -0.492 e. The molecule has 0 saturated heterocycles. The van der Waals surface area contributed by atoms with E-state index in [0.717, 1.165) is 5.69 Å². The summed E-state index contributed by atoms with van der Waals surface area (Å²) in [5.74, 6) is 0.601. The molecule has 6 heteroatoms. The number of hydrogen-bond acceptors (Lipinski definition) is 3. The molecule has 0 radical (unpaired) electrons. The predicted molar refractivity (Wildman–Crippen MR) is 87.3 cm³/mol. The Labute approximate surface area is 134 Å². The van der Waals surface area contributed by atoms with E-state index in [1.54, 1.807) is 36.3 Å². The average Bonchev–Trinajstić information content (AvgIpc) is 2.51. The molecular weight excluding hydrogens is 302 g/mol. The number of pyridine rings is 1. The Bertz CT molecular complexity index is 635. The highest BCUT2D eigenvalue weighted by Gasteiger charge is 2.11. The van der Waals surface area contributed by atoms with Crippen LogP contribution in [0.15, 0.2) is 42.6 Å². The van der Waals surface area contributed by atoms with E-state index in [2.05, 4.69) is 10.3 Å². The first-order valence-electron chi connectivity index (χ1n) is 6.94. The number of hydrogen-bond donors (Lipinski definition) is 1. The Balaban J connectivity index is 1.97. The Hall–Kier alpha value is -2.27. The van der Waals surface area contributed by atoms with E-state index in [4.69, 9.17) is 16.3 Å². The predicted octanol–water partition coefficient (Wildman–Crippen LogP) is 3.80. The summed E-state index contributed by atoms with van der Waals surface area (Å²) in [5, 5.41) is 3.26. The summed E-state index contributed by atoms with van der Waals surface area (Å²) < 4.78 is 5.36. The van der Waals surface area contributed by atoms with Gasteiger partial charge in [-0.15, -0.1) is 0 Å². The molecule has 1 heterocycles. The smallest absolute Gasteiger partial charge is 0.321 e. The highest BCUT2D eigenvalue weighted by Crippen LogP contribution is 2.27. The van der Waals surface area contributed by atoms with Gasteiger partial charge in [0, 0.05) is 18.9 Å². The van der Waals surface area contributed by atoms with Crippen LogP contribution in [0.4, 0.5) is 10.5 Å². The second-order valence-corrected chi connectivity index (χ2v) is 5.09. The number of ether oxygens (including phenoxy) is 1. The maximum Gasteiger partial charge on any atom is 0.321 e. The van der Waals surface area contributed by atoms with Crippen molar-refractivity contribution in [3.05, 3.63) is 53.3 Å². The van der Waals surface area contributed by atoms with Gasteiger partial charge in [-0.2, -0.15) is 0 Å². The number of aromatic nitrogens is 1. The Morgan fingerprint density at radius 3 is 2.82 bits per heavy atom. The Morgan fingerprint density at radius 2 is 2.18 bits per heavy atom. The summed E-state index contributed by atoms with van der Waals surface area (Å²) >= 11 is 6.10. The van der Waals surface area contributed by atoms with Gasteiger partial charge in [-0.1, -0.05) is 17.7 Å². The summed E-state index contributed by atoms with van der Waals surface area (Å²) in [4.78, 5) is 17.9. The highest BCUT2D eigenvalue weighted by molar-refractivity contribution is 6.32. The zero-order chi connectivity index (χ0) is 15.9. The van der Waals surface area contributed by atoms with Crippen LogP contribution >= 0.6 is 11.6 Å². The molecule has 22 heavy (non-hydrogen) atoms. The largest absolute Gasteiger partial charge is 0.492 e. The van der Waals surface area contributed by atoms with Crippen LogP contribution in [0.3, 0.4) is 0 Å². The fourth-order valence-electron chi connectivity index (χ4n) is 1.88. The van der Waals surface area contributed by atoms with Gasteiger partial charge in [0.05, 0.1) is 23.9 Å². The van der Waals surface area contributed by atoms with Gasteiger partial charge >= 0.3 is 6.03 Å². The molecule has 2 rings (SSSR count). The number of anilines is 1. The third-order valence-electron chi connectivity index (χ3n) is 2.96. The number of carbonyl (C=O) groups excluding carboxylic acids is 1. The van der Waals surface area contributed by atoms with E-state index in [9.17, 15) is 4.79 Å². The van der Waals surface area contributed by atoms with Crippen LogP contribution in [-0.2, 0) is 6.54 Å². The lowest BCUT2D eigenvalue weighted by Crippen LogP contribution is -2.31. The molecule has 1 N–H and O–H groups in total. The fourth-order valence-corrected chi connectivity index (χ4v) is 2.11. The number of benzene rings is 1. The van der Waals surface area contributed by atoms with E-state index in [-0.39, 0.29) is 6.03 Å². The maximum atomic E-state index is 12.2. The summed E-state index contributed by atoms with van der Waals surface area (Å²) in [5.41, 5.74) is 1.44. The van der Waals surface area contributed by atoms with E-state index in [0.29, 0.717) is 29.6 Å². The van der Waals surface area contributed by atoms with Crippen molar-refractivity contribution in [3.63, 3.8) is 0 Å². The SMILES string of the molecule is CCOc1ccc(NC(=O)N(C)Cc2ccccn2)cc1Cl. The van der Waals surface area contributed by atoms with Crippen LogP contribution in [0.1, 0.15) is 12.6 Å². The molecule has 0 aliphatic carbocycles. The van der Waals surface area contributed by atoms with Gasteiger partial charge in [-0.3, -0.25) is 4.98 Å². The molecule has 0 atom stereocenters. The van der Waals surface area contributed by atoms with Crippen LogP contribution in [0.5, 0.6) is 5.75 Å². The van der Waals surface area contributed by atoms with E-state index in [1.807, 2.05) is 25.1 Å². The zero-order valence-corrected chi connectivity index (χ0v) is 13.3. The van der Waals surface area contributed by atoms with Crippen LogP contribution < -0.4 is 10.1 Å². The third-order valence-corrected chi connectivity index (χ3v) is 3.25. The number of halogens is 1. The molecular formula is C16H18ClN3O2. The van der Waals surface area contributed by atoms with Crippen molar-refractivity contribution in [1.29, 1.82) is 0 Å². The minimum absolute atomic E-state index is 0.231. The molecule has 0 saturated carbocycles. The molecule has 0 aliphatic heterocycles. The summed E-state index contributed by atoms with van der Waals surface area (Å²) in [6, 6.07) is 10.5. The van der Waals surface area contributed by atoms with Crippen LogP contribution in [0.2, 0.25) is 5.02 Å². The lowest BCUT2D eigenvalue weighted by Gasteiger charge is -2.18. The zero-order valence-electron chi connectivity index (χ0n) is 12.5. The fraction of sp³-hybridized carbons (Fsp3) is 0.250. The van der Waals surface area contributed by atoms with Gasteiger partial charge in [0.2, 0.25) is 0 Å². The van der Waals surface area contributed by atoms with E-state index < -0.39 is 0 Å². The number of urea groups is 1. The molecule has 5 nitrogen and oxygen atoms in total. The molecule has 2 aromatic rings. The lowest BCUT2D eigenvalue weighted by molar-refractivity contribution is 0.220. The van der Waals surface area contributed by atoms with Crippen LogP contribution in [0, 0.1) is 0 Å². The third kappa shape index (κ3) is 4.36. The van der Waals surface area contributed by atoms with Gasteiger partial charge in [-0.25, -0.2) is 4.79 Å². The first kappa shape index (κ1) is 16.1. The van der Waals surface area contributed by atoms with Gasteiger partial charge < -0.3 is 15.0 Å². The van der Waals surface area contributed by atoms with Gasteiger partial charge in [0.1, 0.15) is 5.75 Å². The number of carbonyl (C=O) groups is 1. The van der Waals surface area contributed by atoms with Crippen molar-refractivity contribution in [1.82, 2.24) is 9.88 Å². The van der Waals surface area contributed by atoms with Crippen molar-refractivity contribution in [2.24, 2.45) is 0 Å². The molecule has 0 fully saturated rings. The molecule has 1 aromatic carbocycles. The number of nitrogens with zero attached hydrogens (tertiary/aromatic N) is 2. The molecule has 2 amide bonds. The average molecular weight is 320 g/mol. The molecule has 0 spiro atoms. The molecule has 0 unspecified atom stereocenters. The van der Waals surface area contributed by atoms with E-state index >= 15 is 0 Å². The maximum absolute atomic E-state index is 12.2. The molecule has 116 valence electrons. The van der Waals surface area contributed by atoms with Gasteiger partial charge in [0.15, 0.2) is 0 Å². The normalized spacial score (nSPS) is 10.1. The standard InChI is InChI=1S/C16H18ClN3O2/c1-3-22-15-8-7-12(10-14(15)17)19-16(21)20(2)11-13-6-4-5-9-18-13/h4-10H,3,11H2,1-2H3,(H,19,21). The first-order chi connectivity index (χ1) is 10.6. The Kier molecular flexibility index (Phi) is 5.61. The number of rotatable bonds is 5.